The number of rotatable bonds is 11. The topological polar surface area (TPSA) is 91.6 Å². The molecule has 0 radical (unpaired) electrons. The molecule has 2 aromatic rings. The van der Waals surface area contributed by atoms with Gasteiger partial charge < -0.3 is 24.3 Å². The van der Waals surface area contributed by atoms with E-state index in [1.807, 2.05) is 18.2 Å². The maximum absolute atomic E-state index is 14.6. The molecule has 0 unspecified atom stereocenters. The smallest absolute Gasteiger partial charge is 0.305 e. The number of anilines is 1. The highest BCUT2D eigenvalue weighted by molar-refractivity contribution is 7.92. The fourth-order valence-electron chi connectivity index (χ4n) is 8.35. The van der Waals surface area contributed by atoms with E-state index in [1.165, 1.54) is 23.1 Å². The van der Waals surface area contributed by atoms with Gasteiger partial charge in [0.1, 0.15) is 17.2 Å². The van der Waals surface area contributed by atoms with E-state index >= 15 is 0 Å². The van der Waals surface area contributed by atoms with Gasteiger partial charge in [0.15, 0.2) is 9.84 Å². The van der Waals surface area contributed by atoms with Crippen molar-refractivity contribution in [2.24, 2.45) is 17.8 Å². The Labute approximate surface area is 283 Å². The van der Waals surface area contributed by atoms with E-state index in [2.05, 4.69) is 21.2 Å². The molecule has 4 aliphatic rings. The highest BCUT2D eigenvalue weighted by Gasteiger charge is 2.59. The molecular weight excluding hydrogens is 631 g/mol. The fraction of sp³-hybridized carbons (Fsp3) is 0.541. The third-order valence-corrected chi connectivity index (χ3v) is 13.2. The number of nitrogens with zero attached hydrogens (tertiary/aromatic N) is 4. The molecule has 2 aromatic carbocycles. The normalized spacial score (nSPS) is 23.9. The van der Waals surface area contributed by atoms with Gasteiger partial charge in [-0.15, -0.1) is 0 Å². The lowest BCUT2D eigenvalue weighted by atomic mass is 9.65. The van der Waals surface area contributed by atoms with Crippen molar-refractivity contribution in [2.75, 3.05) is 50.7 Å². The monoisotopic (exact) mass is 676 g/mol. The third kappa shape index (κ3) is 6.49. The van der Waals surface area contributed by atoms with E-state index in [-0.39, 0.29) is 53.6 Å². The van der Waals surface area contributed by atoms with Gasteiger partial charge in [0.25, 0.3) is 5.54 Å². The molecule has 3 heterocycles. The molecule has 0 spiro atoms. The first kappa shape index (κ1) is 34.1. The molecule has 1 aliphatic carbocycles. The molecule has 11 heteroatoms. The van der Waals surface area contributed by atoms with Crippen LogP contribution in [0.4, 0.5) is 10.1 Å². The number of ether oxygens (including phenoxy) is 1. The number of amides is 1. The second kappa shape index (κ2) is 14.0. The van der Waals surface area contributed by atoms with Gasteiger partial charge in [0, 0.05) is 62.2 Å². The van der Waals surface area contributed by atoms with Gasteiger partial charge in [-0.05, 0) is 87.7 Å². The van der Waals surface area contributed by atoms with Crippen molar-refractivity contribution < 1.29 is 27.1 Å². The fourth-order valence-corrected chi connectivity index (χ4v) is 10.0. The highest BCUT2D eigenvalue weighted by atomic mass is 32.2. The van der Waals surface area contributed by atoms with Crippen LogP contribution in [0.2, 0.25) is 0 Å². The van der Waals surface area contributed by atoms with Crippen molar-refractivity contribution in [1.82, 2.24) is 9.80 Å². The van der Waals surface area contributed by atoms with Gasteiger partial charge >= 0.3 is 5.97 Å². The van der Waals surface area contributed by atoms with Crippen molar-refractivity contribution >= 4 is 27.4 Å². The molecule has 4 fully saturated rings. The maximum atomic E-state index is 14.6. The molecular formula is C37H45FN4O5S. The Morgan fingerprint density at radius 2 is 1.77 bits per heavy atom. The number of likely N-dealkylation sites (tertiary alicyclic amines) is 2. The largest absolute Gasteiger partial charge is 0.462 e. The minimum Gasteiger partial charge on any atom is -0.462 e. The number of hydrogen-bond acceptors (Lipinski definition) is 7. The quantitative estimate of drug-likeness (QED) is 0.186. The molecule has 3 aliphatic heterocycles. The van der Waals surface area contributed by atoms with Crippen LogP contribution < -0.4 is 4.90 Å². The van der Waals surface area contributed by atoms with Crippen LogP contribution in [0.1, 0.15) is 51.0 Å². The predicted octanol–water partition coefficient (Wildman–Crippen LogP) is 5.08. The molecule has 48 heavy (non-hydrogen) atoms. The number of carbonyl (C=O) groups is 2. The SMILES string of the molecule is [C-]#[N+][C@](c1cccc(F)c1)(C1CCN(CC2CN(c3ccc(S(=O)(=O)C4CN(C(=O)C=C)C4)cc3)C2)CC1)[C@H]1CCC[C@@H]1OC(=O)CC. The minimum absolute atomic E-state index is 0.0251. The highest BCUT2D eigenvalue weighted by Crippen LogP contribution is 2.52. The summed E-state index contributed by atoms with van der Waals surface area (Å²) in [6.07, 6.45) is 5.19. The maximum Gasteiger partial charge on any atom is 0.305 e. The Hall–Kier alpha value is -3.75. The number of piperidine rings is 1. The first-order valence-corrected chi connectivity index (χ1v) is 18.7. The van der Waals surface area contributed by atoms with Crippen LogP contribution in [0.25, 0.3) is 4.85 Å². The lowest BCUT2D eigenvalue weighted by Crippen LogP contribution is -2.56. The van der Waals surface area contributed by atoms with Crippen LogP contribution >= 0.6 is 0 Å². The second-order valence-corrected chi connectivity index (χ2v) is 16.0. The third-order valence-electron chi connectivity index (χ3n) is 11.0. The average Bonchev–Trinajstić information content (AvgIpc) is 3.51. The average molecular weight is 677 g/mol. The Kier molecular flexibility index (Phi) is 9.96. The summed E-state index contributed by atoms with van der Waals surface area (Å²) in [6.45, 7) is 18.6. The van der Waals surface area contributed by atoms with Crippen LogP contribution in [0.15, 0.2) is 66.1 Å². The zero-order chi connectivity index (χ0) is 34.1. The van der Waals surface area contributed by atoms with Crippen molar-refractivity contribution in [3.8, 4) is 0 Å². The molecule has 0 bridgehead atoms. The van der Waals surface area contributed by atoms with Gasteiger partial charge in [-0.1, -0.05) is 25.6 Å². The van der Waals surface area contributed by atoms with Gasteiger partial charge in [-0.25, -0.2) is 19.4 Å². The standard InChI is InChI=1S/C37H45FN4O5S/c1-4-35(43)42-24-32(25-42)48(45,46)31-14-12-30(13-15-31)41-22-26(23-41)21-40-18-16-27(17-19-40)37(39-3,28-8-6-9-29(38)20-28)33-10-7-11-34(33)47-36(44)5-2/h4,6,8-9,12-15,20,26-27,32-34H,1,5,7,10-11,16-19,21-25H2,2H3/t33-,34-,37-/m0/s1. The summed E-state index contributed by atoms with van der Waals surface area (Å²) < 4.78 is 46.5. The van der Waals surface area contributed by atoms with Crippen LogP contribution in [0.3, 0.4) is 0 Å². The molecule has 1 amide bonds. The first-order chi connectivity index (χ1) is 23.1. The summed E-state index contributed by atoms with van der Waals surface area (Å²) in [5, 5.41) is -0.586. The van der Waals surface area contributed by atoms with Crippen molar-refractivity contribution in [1.29, 1.82) is 0 Å². The number of benzene rings is 2. The lowest BCUT2D eigenvalue weighted by Gasteiger charge is -2.46. The Bertz CT molecular complexity index is 1660. The second-order valence-electron chi connectivity index (χ2n) is 13.8. The lowest BCUT2D eigenvalue weighted by molar-refractivity contribution is -0.152. The van der Waals surface area contributed by atoms with Crippen LogP contribution in [0, 0.1) is 30.1 Å². The molecule has 9 nitrogen and oxygen atoms in total. The Morgan fingerprint density at radius 1 is 1.06 bits per heavy atom. The van der Waals surface area contributed by atoms with Crippen molar-refractivity contribution in [3.05, 3.63) is 84.0 Å². The van der Waals surface area contributed by atoms with Crippen LogP contribution in [0.5, 0.6) is 0 Å². The van der Waals surface area contributed by atoms with E-state index < -0.39 is 20.6 Å². The van der Waals surface area contributed by atoms with Gasteiger partial charge in [0.05, 0.1) is 10.8 Å². The Morgan fingerprint density at radius 3 is 2.40 bits per heavy atom. The summed E-state index contributed by atoms with van der Waals surface area (Å²) in [7, 11) is -3.50. The molecule has 6 rings (SSSR count). The van der Waals surface area contributed by atoms with Crippen molar-refractivity contribution in [3.63, 3.8) is 0 Å². The number of sulfone groups is 1. The molecule has 0 N–H and O–H groups in total. The summed E-state index contributed by atoms with van der Waals surface area (Å²) in [6, 6.07) is 13.6. The van der Waals surface area contributed by atoms with E-state index in [0.717, 1.165) is 70.5 Å². The van der Waals surface area contributed by atoms with E-state index in [1.54, 1.807) is 25.1 Å². The van der Waals surface area contributed by atoms with Crippen molar-refractivity contribution in [2.45, 2.75) is 67.2 Å². The first-order valence-electron chi connectivity index (χ1n) is 17.2. The zero-order valence-electron chi connectivity index (χ0n) is 27.6. The minimum atomic E-state index is -3.50. The van der Waals surface area contributed by atoms with E-state index in [0.29, 0.717) is 17.9 Å². The Balaban J connectivity index is 1.05. The van der Waals surface area contributed by atoms with E-state index in [9.17, 15) is 22.4 Å². The van der Waals surface area contributed by atoms with Crippen LogP contribution in [-0.4, -0.2) is 87.3 Å². The molecule has 3 atom stereocenters. The van der Waals surface area contributed by atoms with E-state index in [4.69, 9.17) is 11.3 Å². The zero-order valence-corrected chi connectivity index (χ0v) is 28.4. The summed E-state index contributed by atoms with van der Waals surface area (Å²) in [5.41, 5.74) is 0.747. The summed E-state index contributed by atoms with van der Waals surface area (Å²) in [4.78, 5) is 34.9. The molecule has 1 saturated carbocycles. The van der Waals surface area contributed by atoms with Gasteiger partial charge in [-0.3, -0.25) is 9.59 Å². The number of hydrogen-bond donors (Lipinski definition) is 0. The van der Waals surface area contributed by atoms with Gasteiger partial charge in [-0.2, -0.15) is 0 Å². The van der Waals surface area contributed by atoms with Crippen LogP contribution in [-0.2, 0) is 29.7 Å². The van der Waals surface area contributed by atoms with Gasteiger partial charge in [0.2, 0.25) is 5.91 Å². The number of halogens is 1. The predicted molar refractivity (Wildman–Crippen MR) is 181 cm³/mol. The summed E-state index contributed by atoms with van der Waals surface area (Å²) >= 11 is 0. The summed E-state index contributed by atoms with van der Waals surface area (Å²) in [5.74, 6) is -0.515. The molecule has 256 valence electrons. The number of esters is 1. The molecule has 0 aromatic heterocycles. The molecule has 3 saturated heterocycles. The number of carbonyl (C=O) groups excluding carboxylic acids is 2.